The molecule has 1 rings (SSSR count). The van der Waals surface area contributed by atoms with Gasteiger partial charge in [-0.15, -0.1) is 0 Å². The largest absolute Gasteiger partial charge is 0.491 e. The molecule has 1 amide bonds. The first-order valence-electron chi connectivity index (χ1n) is 6.69. The number of thioether (sulfide) groups is 1. The predicted molar refractivity (Wildman–Crippen MR) is 83.5 cm³/mol. The van der Waals surface area contributed by atoms with Crippen LogP contribution in [0.1, 0.15) is 31.1 Å². The van der Waals surface area contributed by atoms with Crippen LogP contribution in [0.25, 0.3) is 0 Å². The van der Waals surface area contributed by atoms with Gasteiger partial charge >= 0.3 is 0 Å². The second-order valence-corrected chi connectivity index (χ2v) is 5.99. The molecule has 2 N–H and O–H groups in total. The molecular weight excluding hydrogens is 274 g/mol. The summed E-state index contributed by atoms with van der Waals surface area (Å²) in [5.41, 5.74) is 0.589. The Morgan fingerprint density at radius 1 is 1.30 bits per heavy atom. The van der Waals surface area contributed by atoms with Crippen molar-refractivity contribution in [1.29, 1.82) is 0 Å². The molecule has 0 heterocycles. The molecule has 0 aliphatic carbocycles. The first kappa shape index (κ1) is 16.9. The van der Waals surface area contributed by atoms with Crippen molar-refractivity contribution < 1.29 is 14.6 Å². The van der Waals surface area contributed by atoms with Gasteiger partial charge in [0.25, 0.3) is 5.91 Å². The smallest absolute Gasteiger partial charge is 0.251 e. The Kier molecular flexibility index (Phi) is 6.88. The van der Waals surface area contributed by atoms with Gasteiger partial charge in [0.05, 0.1) is 12.7 Å². The molecule has 1 aromatic rings. The topological polar surface area (TPSA) is 58.6 Å². The third kappa shape index (κ3) is 5.06. The maximum absolute atomic E-state index is 12.1. The highest BCUT2D eigenvalue weighted by Crippen LogP contribution is 2.15. The van der Waals surface area contributed by atoms with E-state index >= 15 is 0 Å². The Balaban J connectivity index is 2.63. The SMILES string of the molecule is CSC(CO)C(C)NC(=O)c1ccc(OC(C)C)cc1. The van der Waals surface area contributed by atoms with E-state index in [1.165, 1.54) is 11.8 Å². The average molecular weight is 297 g/mol. The van der Waals surface area contributed by atoms with Gasteiger partial charge in [0.2, 0.25) is 0 Å². The number of hydrogen-bond donors (Lipinski definition) is 2. The number of nitrogens with one attached hydrogen (secondary N) is 1. The van der Waals surface area contributed by atoms with Gasteiger partial charge < -0.3 is 15.2 Å². The number of aliphatic hydroxyl groups is 1. The number of carbonyl (C=O) groups excluding carboxylic acids is 1. The van der Waals surface area contributed by atoms with Crippen LogP contribution in [0.15, 0.2) is 24.3 Å². The summed E-state index contributed by atoms with van der Waals surface area (Å²) in [6, 6.07) is 6.98. The molecule has 0 radical (unpaired) electrons. The minimum atomic E-state index is -0.138. The van der Waals surface area contributed by atoms with E-state index in [4.69, 9.17) is 4.74 Å². The minimum Gasteiger partial charge on any atom is -0.491 e. The lowest BCUT2D eigenvalue weighted by Crippen LogP contribution is -2.41. The van der Waals surface area contributed by atoms with Gasteiger partial charge in [-0.1, -0.05) is 0 Å². The van der Waals surface area contributed by atoms with Crippen molar-refractivity contribution in [2.75, 3.05) is 12.9 Å². The number of benzene rings is 1. The zero-order valence-electron chi connectivity index (χ0n) is 12.4. The van der Waals surface area contributed by atoms with Gasteiger partial charge in [-0.2, -0.15) is 11.8 Å². The Labute approximate surface area is 124 Å². The number of aliphatic hydroxyl groups excluding tert-OH is 1. The molecule has 0 saturated heterocycles. The molecule has 0 fully saturated rings. The summed E-state index contributed by atoms with van der Waals surface area (Å²) in [7, 11) is 0. The highest BCUT2D eigenvalue weighted by atomic mass is 32.2. The van der Waals surface area contributed by atoms with Crippen molar-refractivity contribution in [1.82, 2.24) is 5.32 Å². The molecule has 5 heteroatoms. The van der Waals surface area contributed by atoms with Crippen molar-refractivity contribution >= 4 is 17.7 Å². The molecule has 20 heavy (non-hydrogen) atoms. The van der Waals surface area contributed by atoms with Crippen LogP contribution in [0.3, 0.4) is 0 Å². The van der Waals surface area contributed by atoms with E-state index in [9.17, 15) is 9.90 Å². The minimum absolute atomic E-state index is 0.00231. The zero-order chi connectivity index (χ0) is 15.1. The third-order valence-electron chi connectivity index (χ3n) is 2.89. The lowest BCUT2D eigenvalue weighted by atomic mass is 10.1. The van der Waals surface area contributed by atoms with Crippen LogP contribution in [-0.4, -0.2) is 41.3 Å². The summed E-state index contributed by atoms with van der Waals surface area (Å²) >= 11 is 1.54. The van der Waals surface area contributed by atoms with Gasteiger partial charge in [0, 0.05) is 16.9 Å². The molecule has 0 spiro atoms. The summed E-state index contributed by atoms with van der Waals surface area (Å²) < 4.78 is 5.53. The number of ether oxygens (including phenoxy) is 1. The standard InChI is InChI=1S/C15H23NO3S/c1-10(2)19-13-7-5-12(6-8-13)15(18)16-11(3)14(9-17)20-4/h5-8,10-11,14,17H,9H2,1-4H3,(H,16,18). The van der Waals surface area contributed by atoms with Gasteiger partial charge in [-0.3, -0.25) is 4.79 Å². The van der Waals surface area contributed by atoms with Crippen molar-refractivity contribution in [3.05, 3.63) is 29.8 Å². The van der Waals surface area contributed by atoms with Gasteiger partial charge in [0.1, 0.15) is 5.75 Å². The van der Waals surface area contributed by atoms with Crippen molar-refractivity contribution in [3.8, 4) is 5.75 Å². The summed E-state index contributed by atoms with van der Waals surface area (Å²) in [5.74, 6) is 0.614. The first-order valence-corrected chi connectivity index (χ1v) is 7.98. The summed E-state index contributed by atoms with van der Waals surface area (Å²) in [6.45, 7) is 5.86. The number of amides is 1. The van der Waals surface area contributed by atoms with Crippen molar-refractivity contribution in [3.63, 3.8) is 0 Å². The molecule has 0 aliphatic heterocycles. The summed E-state index contributed by atoms with van der Waals surface area (Å²) in [5, 5.41) is 12.1. The quantitative estimate of drug-likeness (QED) is 0.811. The number of carbonyl (C=O) groups is 1. The molecule has 0 aromatic heterocycles. The zero-order valence-corrected chi connectivity index (χ0v) is 13.2. The monoisotopic (exact) mass is 297 g/mol. The van der Waals surface area contributed by atoms with Crippen molar-refractivity contribution in [2.24, 2.45) is 0 Å². The highest BCUT2D eigenvalue weighted by molar-refractivity contribution is 7.99. The molecule has 1 aromatic carbocycles. The molecule has 0 bridgehead atoms. The van der Waals surface area contributed by atoms with Gasteiger partial charge in [-0.05, 0) is 51.3 Å². The van der Waals surface area contributed by atoms with E-state index in [0.29, 0.717) is 5.56 Å². The van der Waals surface area contributed by atoms with E-state index in [0.717, 1.165) is 5.75 Å². The third-order valence-corrected chi connectivity index (χ3v) is 4.05. The second kappa shape index (κ2) is 8.17. The van der Waals surface area contributed by atoms with Gasteiger partial charge in [0.15, 0.2) is 0 Å². The summed E-state index contributed by atoms with van der Waals surface area (Å²) in [6.07, 6.45) is 2.03. The Bertz CT molecular complexity index is 416. The van der Waals surface area contributed by atoms with Crippen LogP contribution in [-0.2, 0) is 0 Å². The average Bonchev–Trinajstić information content (AvgIpc) is 2.40. The van der Waals surface area contributed by atoms with Crippen LogP contribution in [0, 0.1) is 0 Å². The van der Waals surface area contributed by atoms with Crippen LogP contribution >= 0.6 is 11.8 Å². The van der Waals surface area contributed by atoms with Crippen LogP contribution in [0.4, 0.5) is 0 Å². The molecule has 0 aliphatic rings. The number of hydrogen-bond acceptors (Lipinski definition) is 4. The van der Waals surface area contributed by atoms with E-state index in [-0.39, 0.29) is 29.9 Å². The second-order valence-electron chi connectivity index (χ2n) is 4.91. The highest BCUT2D eigenvalue weighted by Gasteiger charge is 2.18. The van der Waals surface area contributed by atoms with E-state index in [2.05, 4.69) is 5.32 Å². The lowest BCUT2D eigenvalue weighted by molar-refractivity contribution is 0.0936. The molecule has 2 unspecified atom stereocenters. The Morgan fingerprint density at radius 2 is 1.90 bits per heavy atom. The fraction of sp³-hybridized carbons (Fsp3) is 0.533. The Hall–Kier alpha value is -1.20. The molecule has 0 saturated carbocycles. The Morgan fingerprint density at radius 3 is 2.35 bits per heavy atom. The predicted octanol–water partition coefficient (Wildman–Crippen LogP) is 2.32. The first-order chi connectivity index (χ1) is 9.47. The molecule has 2 atom stereocenters. The van der Waals surface area contributed by atoms with Crippen LogP contribution in [0.2, 0.25) is 0 Å². The van der Waals surface area contributed by atoms with Gasteiger partial charge in [-0.25, -0.2) is 0 Å². The maximum atomic E-state index is 12.1. The molecule has 112 valence electrons. The fourth-order valence-corrected chi connectivity index (χ4v) is 2.40. The van der Waals surface area contributed by atoms with Crippen LogP contribution in [0.5, 0.6) is 5.75 Å². The van der Waals surface area contributed by atoms with Crippen molar-refractivity contribution in [2.45, 2.75) is 38.2 Å². The lowest BCUT2D eigenvalue weighted by Gasteiger charge is -2.21. The van der Waals surface area contributed by atoms with Crippen LogP contribution < -0.4 is 10.1 Å². The van der Waals surface area contributed by atoms with E-state index in [1.807, 2.05) is 27.0 Å². The summed E-state index contributed by atoms with van der Waals surface area (Å²) in [4.78, 5) is 12.1. The number of rotatable bonds is 7. The van der Waals surface area contributed by atoms with E-state index < -0.39 is 0 Å². The fourth-order valence-electron chi connectivity index (χ4n) is 1.78. The normalized spacial score (nSPS) is 13.9. The molecule has 4 nitrogen and oxygen atoms in total. The molecular formula is C15H23NO3S. The van der Waals surface area contributed by atoms with E-state index in [1.54, 1.807) is 24.3 Å². The maximum Gasteiger partial charge on any atom is 0.251 e.